The van der Waals surface area contributed by atoms with Crippen LogP contribution in [0.15, 0.2) is 18.2 Å². The van der Waals surface area contributed by atoms with Crippen molar-refractivity contribution in [2.45, 2.75) is 39.7 Å². The number of nitrogens with two attached hydrogens (primary N) is 1. The van der Waals surface area contributed by atoms with Gasteiger partial charge in [0.25, 0.3) is 0 Å². The lowest BCUT2D eigenvalue weighted by Crippen LogP contribution is -2.28. The first-order valence-corrected chi connectivity index (χ1v) is 6.01. The molecule has 1 amide bonds. The molecule has 0 bridgehead atoms. The van der Waals surface area contributed by atoms with Crippen molar-refractivity contribution in [3.8, 4) is 0 Å². The molecule has 0 heterocycles. The van der Waals surface area contributed by atoms with Crippen LogP contribution in [-0.2, 0) is 4.79 Å². The van der Waals surface area contributed by atoms with E-state index in [1.54, 1.807) is 4.90 Å². The fourth-order valence-electron chi connectivity index (χ4n) is 1.73. The van der Waals surface area contributed by atoms with Gasteiger partial charge in [-0.3, -0.25) is 4.79 Å². The van der Waals surface area contributed by atoms with Gasteiger partial charge in [-0.05, 0) is 44.4 Å². The number of carbonyl (C=O) groups is 1. The fraction of sp³-hybridized carbons (Fsp3) is 0.500. The van der Waals surface area contributed by atoms with Crippen molar-refractivity contribution >= 4 is 11.6 Å². The molecule has 0 aliphatic carbocycles. The van der Waals surface area contributed by atoms with Crippen LogP contribution in [-0.4, -0.2) is 19.0 Å². The third kappa shape index (κ3) is 3.86. The van der Waals surface area contributed by atoms with Crippen LogP contribution in [0, 0.1) is 13.8 Å². The van der Waals surface area contributed by atoms with Crippen molar-refractivity contribution in [3.63, 3.8) is 0 Å². The number of anilines is 1. The van der Waals surface area contributed by atoms with Gasteiger partial charge in [0.05, 0.1) is 0 Å². The SMILES string of the molecule is Cc1ccc(C)c(N(C)C(=O)CCC(C)N)c1. The molecule has 1 rings (SSSR count). The van der Waals surface area contributed by atoms with Gasteiger partial charge in [-0.15, -0.1) is 0 Å². The van der Waals surface area contributed by atoms with E-state index < -0.39 is 0 Å². The minimum absolute atomic E-state index is 0.0750. The van der Waals surface area contributed by atoms with E-state index in [1.165, 1.54) is 0 Å². The molecule has 0 aromatic heterocycles. The van der Waals surface area contributed by atoms with Crippen LogP contribution in [0.2, 0.25) is 0 Å². The molecule has 1 aromatic rings. The maximum Gasteiger partial charge on any atom is 0.226 e. The molecule has 2 N–H and O–H groups in total. The van der Waals surface area contributed by atoms with E-state index in [-0.39, 0.29) is 11.9 Å². The van der Waals surface area contributed by atoms with Crippen LogP contribution < -0.4 is 10.6 Å². The normalized spacial score (nSPS) is 12.3. The topological polar surface area (TPSA) is 46.3 Å². The third-order valence-electron chi connectivity index (χ3n) is 2.91. The highest BCUT2D eigenvalue weighted by Crippen LogP contribution is 2.21. The number of hydrogen-bond acceptors (Lipinski definition) is 2. The summed E-state index contributed by atoms with van der Waals surface area (Å²) in [4.78, 5) is 13.7. The van der Waals surface area contributed by atoms with Gasteiger partial charge < -0.3 is 10.6 Å². The van der Waals surface area contributed by atoms with E-state index >= 15 is 0 Å². The van der Waals surface area contributed by atoms with E-state index in [2.05, 4.69) is 6.07 Å². The average Bonchev–Trinajstić information content (AvgIpc) is 2.28. The van der Waals surface area contributed by atoms with Gasteiger partial charge in [0.1, 0.15) is 0 Å². The minimum Gasteiger partial charge on any atom is -0.328 e. The van der Waals surface area contributed by atoms with Crippen molar-refractivity contribution in [2.75, 3.05) is 11.9 Å². The van der Waals surface area contributed by atoms with Crippen molar-refractivity contribution < 1.29 is 4.79 Å². The molecule has 0 spiro atoms. The van der Waals surface area contributed by atoms with Gasteiger partial charge in [-0.25, -0.2) is 0 Å². The lowest BCUT2D eigenvalue weighted by atomic mass is 10.1. The van der Waals surface area contributed by atoms with E-state index in [4.69, 9.17) is 5.73 Å². The molecular weight excluding hydrogens is 212 g/mol. The standard InChI is InChI=1S/C14H22N2O/c1-10-5-6-11(2)13(9-10)16(4)14(17)8-7-12(3)15/h5-6,9,12H,7-8,15H2,1-4H3. The highest BCUT2D eigenvalue weighted by atomic mass is 16.2. The van der Waals surface area contributed by atoms with E-state index in [1.807, 2.05) is 40.0 Å². The molecule has 0 radical (unpaired) electrons. The van der Waals surface area contributed by atoms with Crippen LogP contribution >= 0.6 is 0 Å². The minimum atomic E-state index is 0.0750. The number of nitrogens with zero attached hydrogens (tertiary/aromatic N) is 1. The van der Waals surface area contributed by atoms with E-state index in [9.17, 15) is 4.79 Å². The largest absolute Gasteiger partial charge is 0.328 e. The van der Waals surface area contributed by atoms with Gasteiger partial charge in [0, 0.05) is 25.2 Å². The Morgan fingerprint density at radius 1 is 1.41 bits per heavy atom. The van der Waals surface area contributed by atoms with Crippen molar-refractivity contribution in [3.05, 3.63) is 29.3 Å². The highest BCUT2D eigenvalue weighted by molar-refractivity contribution is 5.93. The summed E-state index contributed by atoms with van der Waals surface area (Å²) in [5.74, 6) is 0.121. The van der Waals surface area contributed by atoms with Crippen molar-refractivity contribution in [1.29, 1.82) is 0 Å². The number of carbonyl (C=O) groups excluding carboxylic acids is 1. The number of amides is 1. The van der Waals surface area contributed by atoms with Gasteiger partial charge in [0.15, 0.2) is 0 Å². The number of aryl methyl sites for hydroxylation is 2. The Hall–Kier alpha value is -1.35. The first-order chi connectivity index (χ1) is 7.91. The van der Waals surface area contributed by atoms with Crippen LogP contribution in [0.4, 0.5) is 5.69 Å². The molecule has 1 unspecified atom stereocenters. The number of hydrogen-bond donors (Lipinski definition) is 1. The Balaban J connectivity index is 2.77. The van der Waals surface area contributed by atoms with E-state index in [0.29, 0.717) is 6.42 Å². The maximum absolute atomic E-state index is 12.0. The highest BCUT2D eigenvalue weighted by Gasteiger charge is 2.13. The predicted molar refractivity (Wildman–Crippen MR) is 72.2 cm³/mol. The molecule has 0 aliphatic rings. The van der Waals surface area contributed by atoms with Crippen LogP contribution in [0.5, 0.6) is 0 Å². The van der Waals surface area contributed by atoms with Gasteiger partial charge in [-0.1, -0.05) is 12.1 Å². The van der Waals surface area contributed by atoms with Crippen LogP contribution in [0.3, 0.4) is 0 Å². The molecule has 17 heavy (non-hydrogen) atoms. The third-order valence-corrected chi connectivity index (χ3v) is 2.91. The molecule has 3 nitrogen and oxygen atoms in total. The van der Waals surface area contributed by atoms with E-state index in [0.717, 1.165) is 23.2 Å². The first-order valence-electron chi connectivity index (χ1n) is 6.01. The summed E-state index contributed by atoms with van der Waals surface area (Å²) >= 11 is 0. The summed E-state index contributed by atoms with van der Waals surface area (Å²) < 4.78 is 0. The summed E-state index contributed by atoms with van der Waals surface area (Å²) in [6, 6.07) is 6.21. The fourth-order valence-corrected chi connectivity index (χ4v) is 1.73. The second-order valence-corrected chi connectivity index (χ2v) is 4.76. The molecular formula is C14H22N2O. The summed E-state index contributed by atoms with van der Waals surface area (Å²) in [5.41, 5.74) is 8.93. The van der Waals surface area contributed by atoms with Gasteiger partial charge >= 0.3 is 0 Å². The van der Waals surface area contributed by atoms with Crippen LogP contribution in [0.1, 0.15) is 30.9 Å². The molecule has 0 aliphatic heterocycles. The second-order valence-electron chi connectivity index (χ2n) is 4.76. The lowest BCUT2D eigenvalue weighted by molar-refractivity contribution is -0.118. The molecule has 94 valence electrons. The molecule has 1 aromatic carbocycles. The first kappa shape index (κ1) is 13.7. The molecule has 0 saturated heterocycles. The summed E-state index contributed by atoms with van der Waals surface area (Å²) in [7, 11) is 1.82. The zero-order valence-corrected chi connectivity index (χ0v) is 11.2. The smallest absolute Gasteiger partial charge is 0.226 e. The Bertz CT molecular complexity index is 399. The summed E-state index contributed by atoms with van der Waals surface area (Å²) in [6.45, 7) is 5.97. The Kier molecular flexibility index (Phi) is 4.70. The number of rotatable bonds is 4. The lowest BCUT2D eigenvalue weighted by Gasteiger charge is -2.20. The number of benzene rings is 1. The monoisotopic (exact) mass is 234 g/mol. The average molecular weight is 234 g/mol. The second kappa shape index (κ2) is 5.82. The molecule has 3 heteroatoms. The summed E-state index contributed by atoms with van der Waals surface area (Å²) in [6.07, 6.45) is 1.23. The van der Waals surface area contributed by atoms with Gasteiger partial charge in [-0.2, -0.15) is 0 Å². The molecule has 0 fully saturated rings. The Morgan fingerprint density at radius 2 is 2.06 bits per heavy atom. The maximum atomic E-state index is 12.0. The Morgan fingerprint density at radius 3 is 2.65 bits per heavy atom. The zero-order valence-electron chi connectivity index (χ0n) is 11.2. The zero-order chi connectivity index (χ0) is 13.0. The van der Waals surface area contributed by atoms with Crippen molar-refractivity contribution in [1.82, 2.24) is 0 Å². The molecule has 1 atom stereocenters. The quantitative estimate of drug-likeness (QED) is 0.869. The van der Waals surface area contributed by atoms with Crippen LogP contribution in [0.25, 0.3) is 0 Å². The van der Waals surface area contributed by atoms with Crippen molar-refractivity contribution in [2.24, 2.45) is 5.73 Å². The summed E-state index contributed by atoms with van der Waals surface area (Å²) in [5, 5.41) is 0. The molecule has 0 saturated carbocycles. The van der Waals surface area contributed by atoms with Gasteiger partial charge in [0.2, 0.25) is 5.91 Å². The Labute approximate surface area is 104 Å². The predicted octanol–water partition coefficient (Wildman–Crippen LogP) is 2.39.